The van der Waals surface area contributed by atoms with Crippen molar-refractivity contribution < 1.29 is 9.53 Å². The van der Waals surface area contributed by atoms with Crippen LogP contribution in [0.25, 0.3) is 0 Å². The van der Waals surface area contributed by atoms with Crippen LogP contribution in [0.4, 0.5) is 0 Å². The molecular weight excluding hydrogens is 200 g/mol. The third-order valence-electron chi connectivity index (χ3n) is 5.10. The molecule has 1 spiro atoms. The molecular formula is C14H20O2. The van der Waals surface area contributed by atoms with E-state index >= 15 is 0 Å². The summed E-state index contributed by atoms with van der Waals surface area (Å²) in [6.07, 6.45) is 6.69. The maximum atomic E-state index is 10.8. The van der Waals surface area contributed by atoms with Crippen molar-refractivity contribution in [2.24, 2.45) is 11.8 Å². The van der Waals surface area contributed by atoms with Crippen molar-refractivity contribution in [1.82, 2.24) is 0 Å². The van der Waals surface area contributed by atoms with Crippen LogP contribution in [-0.4, -0.2) is 17.1 Å². The lowest BCUT2D eigenvalue weighted by molar-refractivity contribution is -0.121. The van der Waals surface area contributed by atoms with Crippen LogP contribution in [0.3, 0.4) is 0 Å². The second-order valence-corrected chi connectivity index (χ2v) is 6.37. The van der Waals surface area contributed by atoms with E-state index in [2.05, 4.69) is 19.8 Å². The quantitative estimate of drug-likeness (QED) is 0.587. The standard InChI is InChI=1S/C14H20O2/c1-13(2)12-6-5-11-4-3-10(9-15)7-14(11,8-12)16-13/h11-12H,3-8H2,1-2H3. The van der Waals surface area contributed by atoms with E-state index in [-0.39, 0.29) is 11.2 Å². The Kier molecular flexibility index (Phi) is 2.12. The van der Waals surface area contributed by atoms with Crippen LogP contribution >= 0.6 is 0 Å². The summed E-state index contributed by atoms with van der Waals surface area (Å²) in [7, 11) is 0. The van der Waals surface area contributed by atoms with Crippen LogP contribution in [0.1, 0.15) is 52.4 Å². The highest BCUT2D eigenvalue weighted by Gasteiger charge is 2.58. The SMILES string of the molecule is CC1(C)OC23CC(=C=O)CCC2CCC1C3. The molecule has 2 bridgehead atoms. The van der Waals surface area contributed by atoms with Gasteiger partial charge in [-0.25, -0.2) is 4.79 Å². The topological polar surface area (TPSA) is 26.3 Å². The fourth-order valence-corrected chi connectivity index (χ4v) is 4.22. The monoisotopic (exact) mass is 220 g/mol. The zero-order chi connectivity index (χ0) is 11.4. The number of hydrogen-bond donors (Lipinski definition) is 0. The molecule has 2 heteroatoms. The van der Waals surface area contributed by atoms with E-state index in [0.29, 0.717) is 11.8 Å². The summed E-state index contributed by atoms with van der Waals surface area (Å²) in [5.41, 5.74) is 0.965. The Morgan fingerprint density at radius 1 is 1.25 bits per heavy atom. The van der Waals surface area contributed by atoms with E-state index in [9.17, 15) is 4.79 Å². The van der Waals surface area contributed by atoms with Crippen molar-refractivity contribution in [3.8, 4) is 0 Å². The number of hydrogen-bond acceptors (Lipinski definition) is 2. The second kappa shape index (κ2) is 3.21. The summed E-state index contributed by atoms with van der Waals surface area (Å²) in [4.78, 5) is 10.8. The van der Waals surface area contributed by atoms with Crippen molar-refractivity contribution in [1.29, 1.82) is 0 Å². The molecule has 1 saturated heterocycles. The first-order valence-electron chi connectivity index (χ1n) is 6.49. The molecule has 0 N–H and O–H groups in total. The molecule has 1 aliphatic heterocycles. The Hall–Kier alpha value is -0.590. The van der Waals surface area contributed by atoms with Crippen molar-refractivity contribution in [2.75, 3.05) is 0 Å². The van der Waals surface area contributed by atoms with Gasteiger partial charge in [0.1, 0.15) is 5.94 Å². The van der Waals surface area contributed by atoms with Gasteiger partial charge in [-0.3, -0.25) is 0 Å². The lowest BCUT2D eigenvalue weighted by atomic mass is 9.64. The molecule has 3 atom stereocenters. The van der Waals surface area contributed by atoms with Gasteiger partial charge in [0.15, 0.2) is 0 Å². The van der Waals surface area contributed by atoms with E-state index in [1.807, 2.05) is 0 Å². The van der Waals surface area contributed by atoms with Gasteiger partial charge in [-0.15, -0.1) is 0 Å². The smallest absolute Gasteiger partial charge is 0.123 e. The van der Waals surface area contributed by atoms with Crippen LogP contribution in [-0.2, 0) is 9.53 Å². The Morgan fingerprint density at radius 2 is 2.00 bits per heavy atom. The normalized spacial score (nSPS) is 45.0. The van der Waals surface area contributed by atoms with Gasteiger partial charge in [0.2, 0.25) is 0 Å². The minimum atomic E-state index is -0.00257. The average Bonchev–Trinajstić information content (AvgIpc) is 2.44. The Balaban J connectivity index is 1.95. The highest BCUT2D eigenvalue weighted by molar-refractivity contribution is 5.53. The summed E-state index contributed by atoms with van der Waals surface area (Å²) < 4.78 is 6.40. The van der Waals surface area contributed by atoms with Crippen molar-refractivity contribution in [3.63, 3.8) is 0 Å². The first kappa shape index (κ1) is 10.6. The minimum absolute atomic E-state index is 0.00257. The number of ether oxygens (including phenoxy) is 1. The summed E-state index contributed by atoms with van der Waals surface area (Å²) in [6, 6.07) is 0. The maximum Gasteiger partial charge on any atom is 0.123 e. The molecule has 2 nitrogen and oxygen atoms in total. The van der Waals surface area contributed by atoms with Crippen LogP contribution in [0, 0.1) is 11.8 Å². The van der Waals surface area contributed by atoms with Gasteiger partial charge in [-0.1, -0.05) is 0 Å². The molecule has 3 rings (SSSR count). The molecule has 0 radical (unpaired) electrons. The summed E-state index contributed by atoms with van der Waals surface area (Å²) in [6.45, 7) is 4.43. The van der Waals surface area contributed by atoms with Gasteiger partial charge in [-0.05, 0) is 57.8 Å². The molecule has 88 valence electrons. The highest BCUT2D eigenvalue weighted by atomic mass is 16.5. The van der Waals surface area contributed by atoms with E-state index in [1.54, 1.807) is 0 Å². The molecule has 1 heterocycles. The fraction of sp³-hybridized carbons (Fsp3) is 0.857. The van der Waals surface area contributed by atoms with Crippen molar-refractivity contribution in [3.05, 3.63) is 5.57 Å². The molecule has 3 aliphatic rings. The Morgan fingerprint density at radius 3 is 2.75 bits per heavy atom. The van der Waals surface area contributed by atoms with Crippen LogP contribution < -0.4 is 0 Å². The van der Waals surface area contributed by atoms with Crippen molar-refractivity contribution >= 4 is 5.94 Å². The molecule has 0 aromatic heterocycles. The lowest BCUT2D eigenvalue weighted by Crippen LogP contribution is -2.43. The third-order valence-corrected chi connectivity index (χ3v) is 5.10. The van der Waals surface area contributed by atoms with Crippen LogP contribution in [0.15, 0.2) is 5.57 Å². The highest BCUT2D eigenvalue weighted by Crippen LogP contribution is 2.58. The average molecular weight is 220 g/mol. The second-order valence-electron chi connectivity index (χ2n) is 6.37. The summed E-state index contributed by atoms with van der Waals surface area (Å²) in [5.74, 6) is 3.50. The predicted molar refractivity (Wildman–Crippen MR) is 61.8 cm³/mol. The van der Waals surface area contributed by atoms with Gasteiger partial charge < -0.3 is 4.74 Å². The number of carbonyl (C=O) groups excluding carboxylic acids is 1. The third kappa shape index (κ3) is 1.33. The summed E-state index contributed by atoms with van der Waals surface area (Å²) >= 11 is 0. The van der Waals surface area contributed by atoms with Gasteiger partial charge in [0.05, 0.1) is 11.2 Å². The molecule has 2 saturated carbocycles. The molecule has 0 amide bonds. The predicted octanol–water partition coefficient (Wildman–Crippen LogP) is 2.89. The number of fused-ring (bicyclic) bond motifs is 1. The van der Waals surface area contributed by atoms with Gasteiger partial charge >= 0.3 is 0 Å². The zero-order valence-electron chi connectivity index (χ0n) is 10.2. The Labute approximate surface area is 97.1 Å². The molecule has 0 aromatic rings. The van der Waals surface area contributed by atoms with E-state index < -0.39 is 0 Å². The largest absolute Gasteiger partial charge is 0.368 e. The van der Waals surface area contributed by atoms with Crippen LogP contribution in [0.5, 0.6) is 0 Å². The van der Waals surface area contributed by atoms with E-state index in [4.69, 9.17) is 4.74 Å². The van der Waals surface area contributed by atoms with Gasteiger partial charge in [0, 0.05) is 12.0 Å². The molecule has 3 unspecified atom stereocenters. The van der Waals surface area contributed by atoms with Gasteiger partial charge in [0.25, 0.3) is 0 Å². The first-order chi connectivity index (χ1) is 7.56. The lowest BCUT2D eigenvalue weighted by Gasteiger charge is -2.43. The maximum absolute atomic E-state index is 10.8. The summed E-state index contributed by atoms with van der Waals surface area (Å²) in [5, 5.41) is 0. The van der Waals surface area contributed by atoms with Crippen molar-refractivity contribution in [2.45, 2.75) is 63.6 Å². The minimum Gasteiger partial charge on any atom is -0.368 e. The van der Waals surface area contributed by atoms with E-state index in [0.717, 1.165) is 31.3 Å². The number of rotatable bonds is 0. The van der Waals surface area contributed by atoms with Gasteiger partial charge in [-0.2, -0.15) is 0 Å². The Bertz CT molecular complexity index is 365. The molecule has 0 aromatic carbocycles. The van der Waals surface area contributed by atoms with E-state index in [1.165, 1.54) is 12.8 Å². The first-order valence-corrected chi connectivity index (χ1v) is 6.49. The molecule has 3 fully saturated rings. The fourth-order valence-electron chi connectivity index (χ4n) is 4.22. The zero-order valence-corrected chi connectivity index (χ0v) is 10.2. The van der Waals surface area contributed by atoms with Crippen LogP contribution in [0.2, 0.25) is 0 Å². The molecule has 16 heavy (non-hydrogen) atoms. The molecule has 2 aliphatic carbocycles.